The van der Waals surface area contributed by atoms with Gasteiger partial charge in [0.2, 0.25) is 0 Å². The minimum atomic E-state index is -1.73. The summed E-state index contributed by atoms with van der Waals surface area (Å²) in [5.41, 5.74) is 0. The van der Waals surface area contributed by atoms with Gasteiger partial charge in [0, 0.05) is 0 Å². The van der Waals surface area contributed by atoms with Gasteiger partial charge in [0.25, 0.3) is 0 Å². The molecule has 0 aliphatic carbocycles. The molecule has 0 N–H and O–H groups in total. The Morgan fingerprint density at radius 3 is 0.457 bits per heavy atom. The van der Waals surface area contributed by atoms with E-state index in [-0.39, 0.29) is 79.9 Å². The van der Waals surface area contributed by atoms with Crippen LogP contribution in [0.1, 0.15) is 0 Å². The van der Waals surface area contributed by atoms with E-state index in [0.29, 0.717) is 0 Å². The van der Waals surface area contributed by atoms with Gasteiger partial charge in [-0.3, -0.25) is 0 Å². The van der Waals surface area contributed by atoms with Crippen molar-refractivity contribution in [2.24, 2.45) is 0 Å². The number of fused-ring (bicyclic) bond motifs is 6. The van der Waals surface area contributed by atoms with Gasteiger partial charge in [0.05, 0.1) is 0 Å². The van der Waals surface area contributed by atoms with Crippen LogP contribution in [0.15, 0.2) is 0 Å². The molecule has 6 aliphatic heterocycles. The zero-order chi connectivity index (χ0) is 23.5. The molecule has 6 aliphatic rings. The van der Waals surface area contributed by atoms with Gasteiger partial charge in [-0.25, -0.2) is 0 Å². The summed E-state index contributed by atoms with van der Waals surface area (Å²) in [7, 11) is -18.0. The second-order valence-electron chi connectivity index (χ2n) is 5.51. The minimum absolute atomic E-state index is 0. The van der Waals surface area contributed by atoms with Gasteiger partial charge in [0.15, 0.2) is 0 Å². The molecular formula is B12Gd2O21. The van der Waals surface area contributed by atoms with Crippen LogP contribution in [0.4, 0.5) is 0 Å². The fourth-order valence-electron chi connectivity index (χ4n) is 2.13. The van der Waals surface area contributed by atoms with Crippen molar-refractivity contribution in [3.8, 4) is 0 Å². The molecule has 0 spiro atoms. The van der Waals surface area contributed by atoms with Crippen LogP contribution in [0.5, 0.6) is 0 Å². The molecule has 0 aromatic heterocycles. The largest absolute Gasteiger partial charge is 3.00 e. The van der Waals surface area contributed by atoms with Crippen LogP contribution in [0, 0.1) is 79.9 Å². The van der Waals surface area contributed by atoms with Gasteiger partial charge >= 0.3 is 168 Å². The molecule has 0 saturated carbocycles. The van der Waals surface area contributed by atoms with E-state index in [0.717, 1.165) is 0 Å². The molecule has 21 nitrogen and oxygen atoms in total. The van der Waals surface area contributed by atoms with E-state index in [4.69, 9.17) is 0 Å². The van der Waals surface area contributed by atoms with Crippen LogP contribution in [-0.2, 0) is 68.6 Å². The van der Waals surface area contributed by atoms with Gasteiger partial charge in [0.1, 0.15) is 0 Å². The van der Waals surface area contributed by atoms with Crippen LogP contribution in [0.2, 0.25) is 0 Å². The molecule has 0 atom stereocenters. The predicted octanol–water partition coefficient (Wildman–Crippen LogP) is -12.7. The summed E-state index contributed by atoms with van der Waals surface area (Å²) in [5.74, 6) is 0. The van der Waals surface area contributed by atoms with E-state index < -0.39 is 87.9 Å². The summed E-state index contributed by atoms with van der Waals surface area (Å²) in [6.45, 7) is 0. The van der Waals surface area contributed by atoms with Crippen molar-refractivity contribution >= 4 is 87.9 Å². The van der Waals surface area contributed by atoms with Crippen LogP contribution < -0.4 is 30.1 Å². The smallest absolute Gasteiger partial charge is 0.833 e. The quantitative estimate of drug-likeness (QED) is 0.206. The Bertz CT molecular complexity index is 439. The van der Waals surface area contributed by atoms with Gasteiger partial charge in [-0.05, 0) is 0 Å². The topological polar surface area (TPSA) is 277 Å². The zero-order valence-electron chi connectivity index (χ0n) is 16.2. The monoisotopic (exact) mass is 784 g/mol. The third-order valence-electron chi connectivity index (χ3n) is 3.33. The Morgan fingerprint density at radius 1 is 0.229 bits per heavy atom. The summed E-state index contributed by atoms with van der Waals surface area (Å²) >= 11 is 0. The van der Waals surface area contributed by atoms with Crippen molar-refractivity contribution < 1.29 is 179 Å². The Balaban J connectivity index is 0.000000180. The van der Waals surface area contributed by atoms with E-state index >= 15 is 0 Å². The Labute approximate surface area is 263 Å². The molecule has 0 amide bonds. The fourth-order valence-corrected chi connectivity index (χ4v) is 2.13. The summed E-state index contributed by atoms with van der Waals surface area (Å²) in [4.78, 5) is 0. The molecule has 2 radical (unpaired) electrons. The molecule has 0 unspecified atom stereocenters. The molecule has 6 fully saturated rings. The van der Waals surface area contributed by atoms with E-state index in [1.165, 1.54) is 0 Å². The molecule has 0 aromatic rings. The van der Waals surface area contributed by atoms with Gasteiger partial charge in [-0.2, -0.15) is 0 Å². The van der Waals surface area contributed by atoms with Crippen molar-refractivity contribution in [1.82, 2.24) is 0 Å². The van der Waals surface area contributed by atoms with Crippen molar-refractivity contribution in [2.45, 2.75) is 0 Å². The maximum absolute atomic E-state index is 10.5. The van der Waals surface area contributed by atoms with Crippen LogP contribution in [-0.4, -0.2) is 87.9 Å². The van der Waals surface area contributed by atoms with Crippen molar-refractivity contribution in [3.63, 3.8) is 0 Å². The zero-order valence-corrected chi connectivity index (χ0v) is 20.7. The second kappa shape index (κ2) is 16.1. The fraction of sp³-hybridized carbons (Fsp3) is 0. The summed E-state index contributed by atoms with van der Waals surface area (Å²) in [5, 5.41) is 62.9. The third kappa shape index (κ3) is 11.2. The predicted molar refractivity (Wildman–Crippen MR) is 85.3 cm³/mol. The molecule has 178 valence electrons. The summed E-state index contributed by atoms with van der Waals surface area (Å²) in [6.07, 6.45) is 0. The van der Waals surface area contributed by atoms with Crippen molar-refractivity contribution in [3.05, 3.63) is 0 Å². The first-order valence-electron chi connectivity index (χ1n) is 8.49. The maximum Gasteiger partial charge on any atom is 3.00 e. The third-order valence-corrected chi connectivity index (χ3v) is 3.33. The van der Waals surface area contributed by atoms with Crippen LogP contribution >= 0.6 is 0 Å². The van der Waals surface area contributed by atoms with Gasteiger partial charge in [-0.15, -0.1) is 0 Å². The first kappa shape index (κ1) is 33.8. The Hall–Kier alpha value is 2.59. The van der Waals surface area contributed by atoms with Gasteiger partial charge < -0.3 is 98.7 Å². The van der Waals surface area contributed by atoms with Crippen LogP contribution in [0.3, 0.4) is 0 Å². The molecule has 6 saturated heterocycles. The van der Waals surface area contributed by atoms with Crippen LogP contribution in [0.25, 0.3) is 0 Å². The molecular weight excluding hydrogens is 780 g/mol. The first-order chi connectivity index (χ1) is 15.7. The first-order valence-corrected chi connectivity index (χ1v) is 8.49. The van der Waals surface area contributed by atoms with Crippen molar-refractivity contribution in [2.75, 3.05) is 0 Å². The Morgan fingerprint density at radius 2 is 0.343 bits per heavy atom. The maximum atomic E-state index is 10.5. The minimum Gasteiger partial charge on any atom is -0.833 e. The molecule has 35 heteroatoms. The van der Waals surface area contributed by atoms with Crippen molar-refractivity contribution in [1.29, 1.82) is 0 Å². The molecule has 35 heavy (non-hydrogen) atoms. The molecule has 6 rings (SSSR count). The van der Waals surface area contributed by atoms with E-state index in [9.17, 15) is 30.1 Å². The average molecular weight is 780 g/mol. The normalized spacial score (nSPS) is 23.1. The summed E-state index contributed by atoms with van der Waals surface area (Å²) in [6, 6.07) is 0. The number of rotatable bonds is 0. The standard InChI is InChI=1S/3B4O7.2Gd/c3*5-1-7-3-9-2(6)10-4(8-1)11-3;;/q3*-2;2*+3. The number of hydrogen-bond donors (Lipinski definition) is 0. The SMILES string of the molecule is [Gd+3].[Gd+3].[O-]B1OB2OB([O-])OB(O1)O2.[O-]B1OB2OB([O-])OB(O1)O2.[O-]B1OB2OB([O-])OB(O1)O2. The number of hydrogen-bond acceptors (Lipinski definition) is 21. The summed E-state index contributed by atoms with van der Waals surface area (Å²) < 4.78 is 65.6. The van der Waals surface area contributed by atoms with E-state index in [1.54, 1.807) is 0 Å². The molecule has 0 aromatic carbocycles. The average Bonchev–Trinajstić information content (AvgIpc) is 2.65. The van der Waals surface area contributed by atoms with Gasteiger partial charge in [-0.1, -0.05) is 0 Å². The van der Waals surface area contributed by atoms with E-state index in [2.05, 4.69) is 68.6 Å². The van der Waals surface area contributed by atoms with E-state index in [1.807, 2.05) is 0 Å². The Kier molecular flexibility index (Phi) is 15.6. The molecule has 6 bridgehead atoms. The molecule has 6 heterocycles. The second-order valence-corrected chi connectivity index (χ2v) is 5.51.